The van der Waals surface area contributed by atoms with Crippen LogP contribution in [-0.4, -0.2) is 36.1 Å². The molecule has 1 fully saturated rings. The lowest BCUT2D eigenvalue weighted by Crippen LogP contribution is -2.37. The number of halogens is 2. The first-order valence-electron chi connectivity index (χ1n) is 7.27. The fraction of sp³-hybridized carbons (Fsp3) is 0.250. The number of benzene rings is 1. The molecular weight excluding hydrogens is 322 g/mol. The molecule has 0 radical (unpaired) electrons. The number of hydrogen-bond donors (Lipinski definition) is 2. The van der Waals surface area contributed by atoms with E-state index in [0.717, 1.165) is 12.3 Å². The highest BCUT2D eigenvalue weighted by atomic mass is 19.1. The molecule has 0 spiro atoms. The fourth-order valence-electron chi connectivity index (χ4n) is 2.70. The highest BCUT2D eigenvalue weighted by Gasteiger charge is 2.28. The number of nitrogens with zero attached hydrogens (tertiary/aromatic N) is 1. The van der Waals surface area contributed by atoms with Gasteiger partial charge in [-0.1, -0.05) is 6.07 Å². The molecule has 6 nitrogen and oxygen atoms in total. The zero-order valence-electron chi connectivity index (χ0n) is 12.5. The molecule has 0 aliphatic carbocycles. The number of anilines is 1. The highest BCUT2D eigenvalue weighted by Crippen LogP contribution is 2.26. The summed E-state index contributed by atoms with van der Waals surface area (Å²) in [6, 6.07) is 4.46. The van der Waals surface area contributed by atoms with Gasteiger partial charge in [0.15, 0.2) is 5.76 Å². The minimum absolute atomic E-state index is 0.111. The SMILES string of the molecule is O=C(O)c1coc(C(=O)N[C@@H]2CCN(c3c(F)cccc3F)C2)c1. The van der Waals surface area contributed by atoms with E-state index in [1.807, 2.05) is 0 Å². The number of carbonyl (C=O) groups is 2. The number of rotatable bonds is 4. The van der Waals surface area contributed by atoms with Crippen LogP contribution < -0.4 is 10.2 Å². The first-order valence-corrected chi connectivity index (χ1v) is 7.27. The summed E-state index contributed by atoms with van der Waals surface area (Å²) >= 11 is 0. The van der Waals surface area contributed by atoms with Crippen molar-refractivity contribution in [2.24, 2.45) is 0 Å². The number of para-hydroxylation sites is 1. The van der Waals surface area contributed by atoms with Crippen LogP contribution in [0.4, 0.5) is 14.5 Å². The zero-order chi connectivity index (χ0) is 17.3. The molecule has 1 saturated heterocycles. The van der Waals surface area contributed by atoms with Crippen molar-refractivity contribution in [3.63, 3.8) is 0 Å². The number of hydrogen-bond acceptors (Lipinski definition) is 4. The third kappa shape index (κ3) is 3.08. The van der Waals surface area contributed by atoms with E-state index < -0.39 is 23.5 Å². The molecule has 2 heterocycles. The lowest BCUT2D eigenvalue weighted by Gasteiger charge is -2.20. The van der Waals surface area contributed by atoms with Crippen LogP contribution in [0.25, 0.3) is 0 Å². The monoisotopic (exact) mass is 336 g/mol. The number of carbonyl (C=O) groups excluding carboxylic acids is 1. The van der Waals surface area contributed by atoms with Crippen LogP contribution in [0.2, 0.25) is 0 Å². The molecule has 1 aliphatic rings. The summed E-state index contributed by atoms with van der Waals surface area (Å²) in [5.74, 6) is -3.19. The Balaban J connectivity index is 1.65. The van der Waals surface area contributed by atoms with E-state index in [-0.39, 0.29) is 29.6 Å². The molecule has 1 aromatic heterocycles. The van der Waals surface area contributed by atoms with E-state index >= 15 is 0 Å². The van der Waals surface area contributed by atoms with Crippen molar-refractivity contribution in [1.82, 2.24) is 5.32 Å². The summed E-state index contributed by atoms with van der Waals surface area (Å²) in [5.41, 5.74) is -0.234. The van der Waals surface area contributed by atoms with Gasteiger partial charge in [-0.2, -0.15) is 0 Å². The Morgan fingerprint density at radius 2 is 2.00 bits per heavy atom. The van der Waals surface area contributed by atoms with Crippen molar-refractivity contribution in [3.8, 4) is 0 Å². The Morgan fingerprint density at radius 3 is 2.62 bits per heavy atom. The van der Waals surface area contributed by atoms with Crippen LogP contribution in [0.15, 0.2) is 34.9 Å². The number of furan rings is 1. The molecule has 0 bridgehead atoms. The van der Waals surface area contributed by atoms with Gasteiger partial charge in [-0.05, 0) is 18.6 Å². The van der Waals surface area contributed by atoms with Crippen molar-refractivity contribution in [3.05, 3.63) is 53.5 Å². The second kappa shape index (κ2) is 6.31. The van der Waals surface area contributed by atoms with E-state index in [0.29, 0.717) is 13.0 Å². The topological polar surface area (TPSA) is 82.8 Å². The Kier molecular flexibility index (Phi) is 4.20. The summed E-state index contributed by atoms with van der Waals surface area (Å²) in [5, 5.41) is 11.5. The van der Waals surface area contributed by atoms with Gasteiger partial charge in [-0.25, -0.2) is 13.6 Å². The van der Waals surface area contributed by atoms with Gasteiger partial charge in [-0.15, -0.1) is 0 Å². The highest BCUT2D eigenvalue weighted by molar-refractivity contribution is 5.95. The first kappa shape index (κ1) is 16.0. The van der Waals surface area contributed by atoms with E-state index in [1.54, 1.807) is 0 Å². The molecule has 126 valence electrons. The Hall–Kier alpha value is -2.90. The van der Waals surface area contributed by atoms with Crippen molar-refractivity contribution in [2.45, 2.75) is 12.5 Å². The van der Waals surface area contributed by atoms with Crippen molar-refractivity contribution in [2.75, 3.05) is 18.0 Å². The third-order valence-corrected chi connectivity index (χ3v) is 3.85. The Labute approximate surface area is 135 Å². The maximum Gasteiger partial charge on any atom is 0.338 e. The summed E-state index contributed by atoms with van der Waals surface area (Å²) in [6.07, 6.45) is 1.49. The van der Waals surface area contributed by atoms with Gasteiger partial charge in [-0.3, -0.25) is 4.79 Å². The molecular formula is C16H14F2N2O4. The van der Waals surface area contributed by atoms with Crippen molar-refractivity contribution < 1.29 is 27.9 Å². The maximum atomic E-state index is 13.8. The number of nitrogens with one attached hydrogen (secondary N) is 1. The minimum Gasteiger partial charge on any atom is -0.478 e. The van der Waals surface area contributed by atoms with Gasteiger partial charge in [0.25, 0.3) is 5.91 Å². The van der Waals surface area contributed by atoms with Gasteiger partial charge in [0, 0.05) is 25.2 Å². The van der Waals surface area contributed by atoms with Gasteiger partial charge >= 0.3 is 5.97 Å². The molecule has 3 rings (SSSR count). The van der Waals surface area contributed by atoms with E-state index in [4.69, 9.17) is 9.52 Å². The van der Waals surface area contributed by atoms with E-state index in [2.05, 4.69) is 5.32 Å². The first-order chi connectivity index (χ1) is 11.5. The lowest BCUT2D eigenvalue weighted by molar-refractivity contribution is 0.0695. The molecule has 1 atom stereocenters. The van der Waals surface area contributed by atoms with Crippen LogP contribution in [0.1, 0.15) is 27.3 Å². The molecule has 1 amide bonds. The van der Waals surface area contributed by atoms with Crippen LogP contribution in [-0.2, 0) is 0 Å². The number of aromatic carboxylic acids is 1. The summed E-state index contributed by atoms with van der Waals surface area (Å²) in [6.45, 7) is 0.636. The molecule has 1 aromatic carbocycles. The predicted molar refractivity (Wildman–Crippen MR) is 80.1 cm³/mol. The van der Waals surface area contributed by atoms with Crippen LogP contribution >= 0.6 is 0 Å². The number of amides is 1. The third-order valence-electron chi connectivity index (χ3n) is 3.85. The average molecular weight is 336 g/mol. The summed E-state index contributed by atoms with van der Waals surface area (Å²) < 4.78 is 32.5. The van der Waals surface area contributed by atoms with Gasteiger partial charge in [0.1, 0.15) is 23.6 Å². The zero-order valence-corrected chi connectivity index (χ0v) is 12.5. The van der Waals surface area contributed by atoms with Gasteiger partial charge in [0.05, 0.1) is 5.56 Å². The van der Waals surface area contributed by atoms with Gasteiger partial charge in [0.2, 0.25) is 0 Å². The Bertz CT molecular complexity index is 770. The number of carboxylic acid groups (broad SMARTS) is 1. The van der Waals surface area contributed by atoms with Crippen LogP contribution in [0.5, 0.6) is 0 Å². The molecule has 1 aliphatic heterocycles. The van der Waals surface area contributed by atoms with Crippen LogP contribution in [0, 0.1) is 11.6 Å². The second-order valence-electron chi connectivity index (χ2n) is 5.48. The van der Waals surface area contributed by atoms with Crippen LogP contribution in [0.3, 0.4) is 0 Å². The average Bonchev–Trinajstić information content (AvgIpc) is 3.16. The Morgan fingerprint density at radius 1 is 1.29 bits per heavy atom. The molecule has 24 heavy (non-hydrogen) atoms. The summed E-state index contributed by atoms with van der Waals surface area (Å²) in [4.78, 5) is 24.4. The maximum absolute atomic E-state index is 13.8. The molecule has 2 N–H and O–H groups in total. The second-order valence-corrected chi connectivity index (χ2v) is 5.48. The van der Waals surface area contributed by atoms with Gasteiger partial charge < -0.3 is 19.7 Å². The molecule has 0 unspecified atom stereocenters. The minimum atomic E-state index is -1.19. The lowest BCUT2D eigenvalue weighted by atomic mass is 10.2. The fourth-order valence-corrected chi connectivity index (χ4v) is 2.70. The largest absolute Gasteiger partial charge is 0.478 e. The smallest absolute Gasteiger partial charge is 0.338 e. The number of carboxylic acids is 1. The quantitative estimate of drug-likeness (QED) is 0.895. The predicted octanol–water partition coefficient (Wildman–Crippen LogP) is 2.26. The van der Waals surface area contributed by atoms with E-state index in [1.165, 1.54) is 23.1 Å². The molecule has 8 heteroatoms. The molecule has 0 saturated carbocycles. The standard InChI is InChI=1S/C16H14F2N2O4/c17-11-2-1-3-12(18)14(11)20-5-4-10(7-20)19-15(21)13-6-9(8-24-13)16(22)23/h1-3,6,8,10H,4-5,7H2,(H,19,21)(H,22,23)/t10-/m1/s1. The van der Waals surface area contributed by atoms with Crippen molar-refractivity contribution >= 4 is 17.6 Å². The summed E-state index contributed by atoms with van der Waals surface area (Å²) in [7, 11) is 0. The van der Waals surface area contributed by atoms with Crippen molar-refractivity contribution in [1.29, 1.82) is 0 Å². The normalized spacial score (nSPS) is 17.1. The molecule has 2 aromatic rings. The van der Waals surface area contributed by atoms with E-state index in [9.17, 15) is 18.4 Å².